The number of primary amides is 1. The summed E-state index contributed by atoms with van der Waals surface area (Å²) < 4.78 is 0. The first-order chi connectivity index (χ1) is 26.6. The molecule has 1 saturated carbocycles. The van der Waals surface area contributed by atoms with Gasteiger partial charge in [-0.05, 0) is 49.7 Å². The van der Waals surface area contributed by atoms with Crippen LogP contribution in [0.1, 0.15) is 86.7 Å². The van der Waals surface area contributed by atoms with Crippen molar-refractivity contribution in [3.05, 3.63) is 78.4 Å². The van der Waals surface area contributed by atoms with Crippen molar-refractivity contribution in [1.82, 2.24) is 41.9 Å². The highest BCUT2D eigenvalue weighted by Crippen LogP contribution is 2.27. The Balaban J connectivity index is 1.58. The molecule has 2 heterocycles. The van der Waals surface area contributed by atoms with Gasteiger partial charge in [0.1, 0.15) is 29.9 Å². The van der Waals surface area contributed by atoms with Crippen molar-refractivity contribution >= 4 is 47.4 Å². The Morgan fingerprint density at radius 1 is 0.855 bits per heavy atom. The highest BCUT2D eigenvalue weighted by molar-refractivity contribution is 5.96. The normalized spacial score (nSPS) is 22.5. The fourth-order valence-corrected chi connectivity index (χ4v) is 6.45. The van der Waals surface area contributed by atoms with E-state index < -0.39 is 65.5 Å². The monoisotopic (exact) mass is 757 g/mol. The summed E-state index contributed by atoms with van der Waals surface area (Å²) in [6.45, 7) is 0.0835. The number of hydrogen-bond acceptors (Lipinski definition) is 9. The molecule has 1 aliphatic heterocycles. The lowest BCUT2D eigenvalue weighted by Crippen LogP contribution is -2.57. The molecule has 1 aliphatic carbocycles. The van der Waals surface area contributed by atoms with Gasteiger partial charge < -0.3 is 37.6 Å². The number of benzene rings is 1. The number of aromatic nitrogens is 2. The molecule has 55 heavy (non-hydrogen) atoms. The van der Waals surface area contributed by atoms with Crippen LogP contribution in [0.2, 0.25) is 0 Å². The van der Waals surface area contributed by atoms with E-state index in [1.165, 1.54) is 24.7 Å². The minimum atomic E-state index is -1.12. The van der Waals surface area contributed by atoms with Crippen LogP contribution in [0.5, 0.6) is 0 Å². The van der Waals surface area contributed by atoms with Crippen LogP contribution < -0.4 is 37.6 Å². The van der Waals surface area contributed by atoms with E-state index >= 15 is 0 Å². The standard InChI is InChI=1S/C39H51N9O7/c40-35(51)28-19-21-44-36(52)29(16-9-20-43-37(53)32-25-41-22-23-42-32)47-39(55)31(24-27-12-5-2-6-13-27)48-38(54)30(15-7-14-26-10-3-1-4-11-26)46-34(50)18-8-17-33(49)45-28/h1,3-4,7-8,10-11,14,18,22-23,25,27-31H,2,5-6,9,12-13,15-17,19-21,24H2,(H2,40,51)(H,43,53)(H,44,52)(H,45,49)(H,46,50)(H,47,55)(H,48,54). The molecular formula is C39H51N9O7. The smallest absolute Gasteiger partial charge is 0.271 e. The molecule has 4 atom stereocenters. The van der Waals surface area contributed by atoms with Crippen LogP contribution in [0.15, 0.2) is 67.2 Å². The lowest BCUT2D eigenvalue weighted by Gasteiger charge is -2.29. The predicted molar refractivity (Wildman–Crippen MR) is 203 cm³/mol. The maximum absolute atomic E-state index is 14.1. The van der Waals surface area contributed by atoms with Gasteiger partial charge in [0.15, 0.2) is 0 Å². The van der Waals surface area contributed by atoms with Gasteiger partial charge in [-0.25, -0.2) is 4.98 Å². The van der Waals surface area contributed by atoms with E-state index in [-0.39, 0.29) is 56.8 Å². The number of nitrogens with one attached hydrogen (secondary N) is 6. The molecule has 0 bridgehead atoms. The molecule has 4 unspecified atom stereocenters. The third-order valence-corrected chi connectivity index (χ3v) is 9.41. The van der Waals surface area contributed by atoms with Crippen LogP contribution in [0.25, 0.3) is 6.08 Å². The molecule has 16 nitrogen and oxygen atoms in total. The third kappa shape index (κ3) is 14.8. The Kier molecular flexibility index (Phi) is 17.0. The van der Waals surface area contributed by atoms with Crippen LogP contribution in [0.3, 0.4) is 0 Å². The maximum atomic E-state index is 14.1. The zero-order valence-electron chi connectivity index (χ0n) is 30.8. The fraction of sp³-hybridized carbons (Fsp3) is 0.462. The van der Waals surface area contributed by atoms with E-state index in [0.29, 0.717) is 6.42 Å². The number of nitrogens with two attached hydrogens (primary N) is 1. The quantitative estimate of drug-likeness (QED) is 0.161. The lowest BCUT2D eigenvalue weighted by molar-refractivity contribution is -0.133. The Morgan fingerprint density at radius 3 is 2.33 bits per heavy atom. The molecule has 4 rings (SSSR count). The lowest BCUT2D eigenvalue weighted by atomic mass is 9.84. The highest BCUT2D eigenvalue weighted by Gasteiger charge is 2.32. The molecule has 0 saturated heterocycles. The molecule has 2 aromatic rings. The van der Waals surface area contributed by atoms with E-state index in [2.05, 4.69) is 41.9 Å². The van der Waals surface area contributed by atoms with E-state index in [1.807, 2.05) is 36.4 Å². The van der Waals surface area contributed by atoms with Gasteiger partial charge in [0.25, 0.3) is 5.91 Å². The molecule has 1 fully saturated rings. The summed E-state index contributed by atoms with van der Waals surface area (Å²) in [4.78, 5) is 99.8. The van der Waals surface area contributed by atoms with Crippen LogP contribution in [0.4, 0.5) is 0 Å². The number of carbonyl (C=O) groups is 7. The van der Waals surface area contributed by atoms with Crippen molar-refractivity contribution in [3.8, 4) is 0 Å². The topological polar surface area (TPSA) is 243 Å². The fourth-order valence-electron chi connectivity index (χ4n) is 6.45. The van der Waals surface area contributed by atoms with Gasteiger partial charge in [-0.1, -0.05) is 80.7 Å². The first-order valence-electron chi connectivity index (χ1n) is 18.8. The van der Waals surface area contributed by atoms with Crippen molar-refractivity contribution in [2.45, 2.75) is 94.8 Å². The maximum Gasteiger partial charge on any atom is 0.271 e. The van der Waals surface area contributed by atoms with Gasteiger partial charge in [0.2, 0.25) is 35.4 Å². The van der Waals surface area contributed by atoms with Gasteiger partial charge in [0, 0.05) is 31.9 Å². The van der Waals surface area contributed by atoms with Crippen LogP contribution in [-0.4, -0.2) is 88.6 Å². The summed E-state index contributed by atoms with van der Waals surface area (Å²) in [5.74, 6) is -4.08. The number of rotatable bonds is 11. The highest BCUT2D eigenvalue weighted by atomic mass is 16.2. The number of amides is 7. The second kappa shape index (κ2) is 22.3. The Hall–Kier alpha value is -5.93. The minimum absolute atomic E-state index is 0.0373. The summed E-state index contributed by atoms with van der Waals surface area (Å²) in [6, 6.07) is 5.07. The minimum Gasteiger partial charge on any atom is -0.368 e. The van der Waals surface area contributed by atoms with Crippen molar-refractivity contribution in [1.29, 1.82) is 0 Å². The van der Waals surface area contributed by atoms with E-state index in [1.54, 1.807) is 6.08 Å². The molecule has 7 amide bonds. The number of nitrogens with zero attached hydrogens (tertiary/aromatic N) is 2. The van der Waals surface area contributed by atoms with Gasteiger partial charge in [-0.3, -0.25) is 38.5 Å². The Morgan fingerprint density at radius 2 is 1.60 bits per heavy atom. The number of carbonyl (C=O) groups excluding carboxylic acids is 7. The summed E-state index contributed by atoms with van der Waals surface area (Å²) in [5.41, 5.74) is 6.53. The molecule has 1 aromatic heterocycles. The Labute approximate surface area is 320 Å². The molecular weight excluding hydrogens is 706 g/mol. The third-order valence-electron chi connectivity index (χ3n) is 9.41. The van der Waals surface area contributed by atoms with E-state index in [9.17, 15) is 33.6 Å². The summed E-state index contributed by atoms with van der Waals surface area (Å²) in [7, 11) is 0. The molecule has 294 valence electrons. The predicted octanol–water partition coefficient (Wildman–Crippen LogP) is 0.951. The second-order valence-corrected chi connectivity index (χ2v) is 13.7. The van der Waals surface area contributed by atoms with E-state index in [4.69, 9.17) is 5.73 Å². The zero-order chi connectivity index (χ0) is 39.4. The first kappa shape index (κ1) is 41.8. The van der Waals surface area contributed by atoms with Crippen molar-refractivity contribution in [2.75, 3.05) is 13.1 Å². The van der Waals surface area contributed by atoms with Crippen LogP contribution in [0, 0.1) is 5.92 Å². The summed E-state index contributed by atoms with van der Waals surface area (Å²) >= 11 is 0. The van der Waals surface area contributed by atoms with Gasteiger partial charge in [0.05, 0.1) is 6.20 Å². The summed E-state index contributed by atoms with van der Waals surface area (Å²) in [6.07, 6.45) is 15.5. The average molecular weight is 758 g/mol. The SMILES string of the molecule is NC(=O)C1CCNC(=O)C(CCCNC(=O)c2cnccn2)NC(=O)C(CC2CCCCC2)NC(=O)C(CC=Cc2ccccc2)NC(=O)C=CCC(=O)N1. The molecule has 8 N–H and O–H groups in total. The van der Waals surface area contributed by atoms with Crippen molar-refractivity contribution < 1.29 is 33.6 Å². The van der Waals surface area contributed by atoms with Gasteiger partial charge >= 0.3 is 0 Å². The second-order valence-electron chi connectivity index (χ2n) is 13.7. The molecule has 2 aliphatic rings. The largest absolute Gasteiger partial charge is 0.368 e. The average Bonchev–Trinajstić information content (AvgIpc) is 3.18. The van der Waals surface area contributed by atoms with Gasteiger partial charge in [-0.15, -0.1) is 0 Å². The molecule has 0 spiro atoms. The van der Waals surface area contributed by atoms with Gasteiger partial charge in [-0.2, -0.15) is 0 Å². The molecule has 0 radical (unpaired) electrons. The van der Waals surface area contributed by atoms with E-state index in [0.717, 1.165) is 43.7 Å². The molecule has 1 aromatic carbocycles. The molecule has 16 heteroatoms. The van der Waals surface area contributed by atoms with Crippen LogP contribution >= 0.6 is 0 Å². The zero-order valence-corrected chi connectivity index (χ0v) is 30.8. The van der Waals surface area contributed by atoms with Crippen molar-refractivity contribution in [2.24, 2.45) is 11.7 Å². The number of hydrogen-bond donors (Lipinski definition) is 7. The summed E-state index contributed by atoms with van der Waals surface area (Å²) in [5, 5.41) is 16.3. The first-order valence-corrected chi connectivity index (χ1v) is 18.8. The van der Waals surface area contributed by atoms with Crippen molar-refractivity contribution in [3.63, 3.8) is 0 Å². The van der Waals surface area contributed by atoms with Crippen LogP contribution in [-0.2, 0) is 28.8 Å². The Bertz CT molecular complexity index is 1680.